The summed E-state index contributed by atoms with van der Waals surface area (Å²) >= 11 is 0. The van der Waals surface area contributed by atoms with E-state index in [2.05, 4.69) is 0 Å². The molecule has 1 aliphatic rings. The molecular formula is C30H24N2O5. The molecule has 37 heavy (non-hydrogen) atoms. The zero-order chi connectivity index (χ0) is 26.1. The first-order valence-electron chi connectivity index (χ1n) is 11.8. The molecule has 0 saturated carbocycles. The minimum Gasteiger partial charge on any atom is -0.504 e. The second-order valence-electron chi connectivity index (χ2n) is 8.62. The van der Waals surface area contributed by atoms with Crippen molar-refractivity contribution in [2.24, 2.45) is 0 Å². The molecule has 7 heteroatoms. The molecule has 0 aliphatic carbocycles. The molecule has 5 rings (SSSR count). The second kappa shape index (κ2) is 9.62. The summed E-state index contributed by atoms with van der Waals surface area (Å²) in [5, 5.41) is 11.6. The molecule has 0 aromatic heterocycles. The predicted octanol–water partition coefficient (Wildman–Crippen LogP) is 5.84. The summed E-state index contributed by atoms with van der Waals surface area (Å²) in [6.45, 7) is 4.02. The van der Waals surface area contributed by atoms with E-state index in [1.165, 1.54) is 12.1 Å². The molecule has 1 heterocycles. The maximum absolute atomic E-state index is 13.8. The fourth-order valence-electron chi connectivity index (χ4n) is 4.33. The first-order valence-corrected chi connectivity index (χ1v) is 11.8. The van der Waals surface area contributed by atoms with Gasteiger partial charge in [0.2, 0.25) is 0 Å². The van der Waals surface area contributed by atoms with Crippen molar-refractivity contribution < 1.29 is 24.2 Å². The van der Waals surface area contributed by atoms with E-state index in [1.807, 2.05) is 37.3 Å². The number of phenolic OH excluding ortho intramolecular Hbond substituents is 1. The Morgan fingerprint density at radius 3 is 2.30 bits per heavy atom. The van der Waals surface area contributed by atoms with E-state index < -0.39 is 17.8 Å². The zero-order valence-electron chi connectivity index (χ0n) is 20.3. The maximum Gasteiger partial charge on any atom is 0.343 e. The summed E-state index contributed by atoms with van der Waals surface area (Å²) in [5.74, 6) is -1.30. The molecule has 4 aromatic rings. The number of hydrogen-bond donors (Lipinski definition) is 1. The van der Waals surface area contributed by atoms with E-state index in [-0.39, 0.29) is 17.1 Å². The SMILES string of the molecule is CCOc1cc(/C=C2\C(=O)N(c3ccc(C)cc3)C(=O)N(c3cccc4ccccc34)C2=O)ccc1O. The molecule has 0 atom stereocenters. The molecule has 4 aromatic carbocycles. The average molecular weight is 493 g/mol. The van der Waals surface area contributed by atoms with Crippen LogP contribution in [0.1, 0.15) is 18.1 Å². The number of imide groups is 2. The Balaban J connectivity index is 1.69. The average Bonchev–Trinajstić information content (AvgIpc) is 2.90. The molecule has 0 spiro atoms. The first-order chi connectivity index (χ1) is 17.9. The number of anilines is 2. The van der Waals surface area contributed by atoms with Gasteiger partial charge in [0.15, 0.2) is 11.5 Å². The lowest BCUT2D eigenvalue weighted by Crippen LogP contribution is -2.57. The van der Waals surface area contributed by atoms with Crippen LogP contribution in [0, 0.1) is 6.92 Å². The van der Waals surface area contributed by atoms with Gasteiger partial charge >= 0.3 is 6.03 Å². The Kier molecular flexibility index (Phi) is 6.19. The van der Waals surface area contributed by atoms with E-state index in [4.69, 9.17) is 4.74 Å². The van der Waals surface area contributed by atoms with Crippen LogP contribution in [0.3, 0.4) is 0 Å². The van der Waals surface area contributed by atoms with Crippen molar-refractivity contribution in [3.63, 3.8) is 0 Å². The predicted molar refractivity (Wildman–Crippen MR) is 143 cm³/mol. The number of fused-ring (bicyclic) bond motifs is 1. The third-order valence-electron chi connectivity index (χ3n) is 6.14. The number of carbonyl (C=O) groups is 3. The molecule has 1 aliphatic heterocycles. The number of carbonyl (C=O) groups excluding carboxylic acids is 3. The Labute approximate surface area is 213 Å². The normalized spacial score (nSPS) is 15.1. The molecule has 1 saturated heterocycles. The third-order valence-corrected chi connectivity index (χ3v) is 6.14. The van der Waals surface area contributed by atoms with Crippen LogP contribution in [0.2, 0.25) is 0 Å². The Hall–Kier alpha value is -4.91. The van der Waals surface area contributed by atoms with Crippen LogP contribution in [-0.4, -0.2) is 29.6 Å². The van der Waals surface area contributed by atoms with Crippen molar-refractivity contribution in [2.45, 2.75) is 13.8 Å². The number of phenols is 1. The number of urea groups is 1. The van der Waals surface area contributed by atoms with Gasteiger partial charge in [-0.05, 0) is 61.2 Å². The second-order valence-corrected chi connectivity index (χ2v) is 8.62. The number of benzene rings is 4. The van der Waals surface area contributed by atoms with Gasteiger partial charge < -0.3 is 9.84 Å². The van der Waals surface area contributed by atoms with E-state index in [9.17, 15) is 19.5 Å². The molecule has 0 radical (unpaired) electrons. The summed E-state index contributed by atoms with van der Waals surface area (Å²) in [4.78, 5) is 43.3. The van der Waals surface area contributed by atoms with Crippen molar-refractivity contribution in [1.82, 2.24) is 0 Å². The highest BCUT2D eigenvalue weighted by molar-refractivity contribution is 6.46. The highest BCUT2D eigenvalue weighted by Crippen LogP contribution is 2.35. The lowest BCUT2D eigenvalue weighted by Gasteiger charge is -2.34. The zero-order valence-corrected chi connectivity index (χ0v) is 20.3. The minimum atomic E-state index is -0.756. The summed E-state index contributed by atoms with van der Waals surface area (Å²) in [6, 6.07) is 23.5. The highest BCUT2D eigenvalue weighted by Gasteiger charge is 2.44. The van der Waals surface area contributed by atoms with Gasteiger partial charge in [-0.3, -0.25) is 9.59 Å². The van der Waals surface area contributed by atoms with E-state index in [0.29, 0.717) is 28.9 Å². The maximum atomic E-state index is 13.8. The molecule has 1 N–H and O–H groups in total. The monoisotopic (exact) mass is 492 g/mol. The van der Waals surface area contributed by atoms with Crippen LogP contribution in [0.25, 0.3) is 16.8 Å². The minimum absolute atomic E-state index is 0.0564. The number of hydrogen-bond acceptors (Lipinski definition) is 5. The van der Waals surface area contributed by atoms with Crippen LogP contribution < -0.4 is 14.5 Å². The Morgan fingerprint density at radius 1 is 0.838 bits per heavy atom. The number of nitrogens with zero attached hydrogens (tertiary/aromatic N) is 2. The van der Waals surface area contributed by atoms with Gasteiger partial charge in [0.25, 0.3) is 11.8 Å². The number of aromatic hydroxyl groups is 1. The number of amides is 4. The summed E-state index contributed by atoms with van der Waals surface area (Å²) in [6.07, 6.45) is 1.42. The van der Waals surface area contributed by atoms with Crippen molar-refractivity contribution in [3.8, 4) is 11.5 Å². The molecule has 0 unspecified atom stereocenters. The van der Waals surface area contributed by atoms with Gasteiger partial charge in [-0.15, -0.1) is 0 Å². The number of ether oxygens (including phenoxy) is 1. The van der Waals surface area contributed by atoms with Crippen molar-refractivity contribution in [3.05, 3.63) is 102 Å². The Morgan fingerprint density at radius 2 is 1.54 bits per heavy atom. The van der Waals surface area contributed by atoms with Crippen LogP contribution in [0.4, 0.5) is 16.2 Å². The van der Waals surface area contributed by atoms with Crippen LogP contribution in [0.5, 0.6) is 11.5 Å². The van der Waals surface area contributed by atoms with Crippen molar-refractivity contribution in [1.29, 1.82) is 0 Å². The van der Waals surface area contributed by atoms with Gasteiger partial charge in [0.05, 0.1) is 18.0 Å². The van der Waals surface area contributed by atoms with Gasteiger partial charge in [-0.25, -0.2) is 14.6 Å². The van der Waals surface area contributed by atoms with E-state index in [1.54, 1.807) is 55.5 Å². The summed E-state index contributed by atoms with van der Waals surface area (Å²) < 4.78 is 5.45. The molecule has 184 valence electrons. The van der Waals surface area contributed by atoms with Crippen LogP contribution >= 0.6 is 0 Å². The summed E-state index contributed by atoms with van der Waals surface area (Å²) in [5.41, 5.74) is 1.97. The largest absolute Gasteiger partial charge is 0.504 e. The van der Waals surface area contributed by atoms with E-state index in [0.717, 1.165) is 20.7 Å². The fraction of sp³-hybridized carbons (Fsp3) is 0.100. The molecule has 1 fully saturated rings. The quantitative estimate of drug-likeness (QED) is 0.280. The van der Waals surface area contributed by atoms with Gasteiger partial charge in [-0.2, -0.15) is 0 Å². The summed E-state index contributed by atoms with van der Waals surface area (Å²) in [7, 11) is 0. The lowest BCUT2D eigenvalue weighted by molar-refractivity contribution is -0.121. The van der Waals surface area contributed by atoms with Crippen molar-refractivity contribution >= 4 is 46.1 Å². The van der Waals surface area contributed by atoms with Gasteiger partial charge in [0.1, 0.15) is 5.57 Å². The van der Waals surface area contributed by atoms with Crippen molar-refractivity contribution in [2.75, 3.05) is 16.4 Å². The number of barbiturate groups is 1. The topological polar surface area (TPSA) is 87.2 Å². The number of aryl methyl sites for hydroxylation is 1. The van der Waals surface area contributed by atoms with Crippen LogP contribution in [0.15, 0.2) is 90.5 Å². The van der Waals surface area contributed by atoms with Gasteiger partial charge in [0, 0.05) is 5.39 Å². The van der Waals surface area contributed by atoms with Gasteiger partial charge in [-0.1, -0.05) is 60.2 Å². The smallest absolute Gasteiger partial charge is 0.343 e. The lowest BCUT2D eigenvalue weighted by atomic mass is 10.0. The first kappa shape index (κ1) is 23.8. The highest BCUT2D eigenvalue weighted by atomic mass is 16.5. The standard InChI is InChI=1S/C30H24N2O5/c1-3-37-27-18-20(13-16-26(27)33)17-24-28(34)31(22-14-11-19(2)12-15-22)30(36)32(29(24)35)25-10-6-8-21-7-4-5-9-23(21)25/h4-18,33H,3H2,1-2H3/b24-17+. The molecule has 0 bridgehead atoms. The molecule has 7 nitrogen and oxygen atoms in total. The van der Waals surface area contributed by atoms with E-state index >= 15 is 0 Å². The third kappa shape index (κ3) is 4.31. The Bertz CT molecular complexity index is 1570. The van der Waals surface area contributed by atoms with Crippen LogP contribution in [-0.2, 0) is 9.59 Å². The fourth-order valence-corrected chi connectivity index (χ4v) is 4.33. The molecule has 4 amide bonds. The molecular weight excluding hydrogens is 468 g/mol. The number of rotatable bonds is 5.